The number of pyridine rings is 1. The van der Waals surface area contributed by atoms with E-state index in [4.69, 9.17) is 23.2 Å². The van der Waals surface area contributed by atoms with Gasteiger partial charge in [-0.25, -0.2) is 8.42 Å². The summed E-state index contributed by atoms with van der Waals surface area (Å²) in [6, 6.07) is 17.3. The molecule has 4 unspecified atom stereocenters. The molecular weight excluding hydrogens is 597 g/mol. The molecule has 1 N–H and O–H groups in total. The standard InChI is InChI=1S/C31H33Cl2N3O5S/c1-31(16-28(37)38)15-26(23-5-2-6-25(33)14-23)29(22-9-11-24(32)12-10-22)36(30(31)39)27(21-7-8-21)19-35(42(40)41)18-20-4-3-13-34-17-20/h2-6,9-14,17,21,26-27,29,42H,7-8,15-16,18-19H2,1H3,(H,37,38). The predicted octanol–water partition coefficient (Wildman–Crippen LogP) is 5.73. The van der Waals surface area contributed by atoms with Crippen LogP contribution in [0.15, 0.2) is 73.1 Å². The van der Waals surface area contributed by atoms with Crippen molar-refractivity contribution in [1.29, 1.82) is 0 Å². The van der Waals surface area contributed by atoms with Crippen molar-refractivity contribution in [1.82, 2.24) is 14.2 Å². The summed E-state index contributed by atoms with van der Waals surface area (Å²) in [5, 5.41) is 11.0. The Balaban J connectivity index is 1.64. The zero-order valence-corrected chi connectivity index (χ0v) is 25.5. The molecule has 0 bridgehead atoms. The van der Waals surface area contributed by atoms with E-state index in [1.54, 1.807) is 48.5 Å². The first-order valence-corrected chi connectivity index (χ1v) is 15.8. The van der Waals surface area contributed by atoms with Crippen molar-refractivity contribution in [2.24, 2.45) is 11.3 Å². The number of halogens is 2. The van der Waals surface area contributed by atoms with Gasteiger partial charge in [0.1, 0.15) is 0 Å². The molecule has 11 heteroatoms. The lowest BCUT2D eigenvalue weighted by Gasteiger charge is -2.52. The highest BCUT2D eigenvalue weighted by molar-refractivity contribution is 7.69. The average Bonchev–Trinajstić information content (AvgIpc) is 3.79. The monoisotopic (exact) mass is 629 g/mol. The Hall–Kier alpha value is -2.98. The number of rotatable bonds is 11. The minimum absolute atomic E-state index is 0.0716. The molecule has 5 rings (SSSR count). The number of carbonyl (C=O) groups is 2. The highest BCUT2D eigenvalue weighted by Crippen LogP contribution is 2.54. The van der Waals surface area contributed by atoms with Crippen LogP contribution in [0.25, 0.3) is 0 Å². The van der Waals surface area contributed by atoms with Gasteiger partial charge in [0.05, 0.1) is 17.9 Å². The molecule has 1 saturated carbocycles. The lowest BCUT2D eigenvalue weighted by atomic mass is 9.67. The van der Waals surface area contributed by atoms with Crippen LogP contribution in [0.3, 0.4) is 0 Å². The van der Waals surface area contributed by atoms with Gasteiger partial charge in [-0.3, -0.25) is 14.6 Å². The van der Waals surface area contributed by atoms with Crippen LogP contribution in [0.1, 0.15) is 61.3 Å². The highest BCUT2D eigenvalue weighted by Gasteiger charge is 2.54. The summed E-state index contributed by atoms with van der Waals surface area (Å²) >= 11 is 12.7. The number of nitrogens with zero attached hydrogens (tertiary/aromatic N) is 3. The summed E-state index contributed by atoms with van der Waals surface area (Å²) in [5.74, 6) is -1.59. The predicted molar refractivity (Wildman–Crippen MR) is 162 cm³/mol. The number of thiol groups is 1. The van der Waals surface area contributed by atoms with E-state index in [1.165, 1.54) is 4.31 Å². The molecule has 3 aromatic rings. The van der Waals surface area contributed by atoms with Crippen molar-refractivity contribution in [3.05, 3.63) is 99.8 Å². The van der Waals surface area contributed by atoms with Gasteiger partial charge >= 0.3 is 5.97 Å². The first-order chi connectivity index (χ1) is 20.1. The van der Waals surface area contributed by atoms with Crippen LogP contribution in [0, 0.1) is 11.3 Å². The fourth-order valence-corrected chi connectivity index (χ4v) is 7.20. The number of carboxylic acids is 1. The number of hydrogen-bond donors (Lipinski definition) is 2. The average molecular weight is 631 g/mol. The van der Waals surface area contributed by atoms with Crippen LogP contribution >= 0.6 is 23.2 Å². The Morgan fingerprint density at radius 1 is 1.10 bits per heavy atom. The summed E-state index contributed by atoms with van der Waals surface area (Å²) in [6.45, 7) is 1.91. The fourth-order valence-electron chi connectivity index (χ4n) is 6.30. The van der Waals surface area contributed by atoms with Crippen LogP contribution in [0.2, 0.25) is 10.0 Å². The Labute approximate surface area is 257 Å². The van der Waals surface area contributed by atoms with Gasteiger partial charge in [0.2, 0.25) is 16.8 Å². The van der Waals surface area contributed by atoms with E-state index < -0.39 is 34.4 Å². The van der Waals surface area contributed by atoms with Crippen molar-refractivity contribution >= 4 is 46.0 Å². The van der Waals surface area contributed by atoms with E-state index in [-0.39, 0.29) is 43.7 Å². The van der Waals surface area contributed by atoms with E-state index >= 15 is 0 Å². The van der Waals surface area contributed by atoms with E-state index in [1.807, 2.05) is 36.4 Å². The largest absolute Gasteiger partial charge is 0.481 e. The number of carboxylic acid groups (broad SMARTS) is 1. The molecule has 0 radical (unpaired) electrons. The summed E-state index contributed by atoms with van der Waals surface area (Å²) in [5.41, 5.74) is 1.24. The van der Waals surface area contributed by atoms with Crippen molar-refractivity contribution in [3.8, 4) is 0 Å². The number of piperidine rings is 1. The molecular formula is C31H33Cl2N3O5S. The molecule has 1 amide bonds. The molecule has 2 fully saturated rings. The Morgan fingerprint density at radius 2 is 1.83 bits per heavy atom. The number of hydrogen-bond acceptors (Lipinski definition) is 5. The van der Waals surface area contributed by atoms with Crippen LogP contribution in [-0.4, -0.2) is 52.2 Å². The summed E-state index contributed by atoms with van der Waals surface area (Å²) in [7, 11) is -2.98. The van der Waals surface area contributed by atoms with Gasteiger partial charge in [-0.2, -0.15) is 4.31 Å². The van der Waals surface area contributed by atoms with Crippen molar-refractivity contribution in [2.75, 3.05) is 6.54 Å². The third-order valence-corrected chi connectivity index (χ3v) is 9.63. The highest BCUT2D eigenvalue weighted by atomic mass is 35.5. The molecule has 1 aromatic heterocycles. The zero-order valence-electron chi connectivity index (χ0n) is 23.1. The van der Waals surface area contributed by atoms with E-state index in [9.17, 15) is 23.1 Å². The maximum atomic E-state index is 14.6. The molecule has 4 atom stereocenters. The molecule has 8 nitrogen and oxygen atoms in total. The number of aliphatic carboxylic acids is 1. The molecule has 0 spiro atoms. The van der Waals surface area contributed by atoms with Crippen LogP contribution in [0.5, 0.6) is 0 Å². The van der Waals surface area contributed by atoms with Crippen molar-refractivity contribution in [3.63, 3.8) is 0 Å². The molecule has 2 aromatic carbocycles. The molecule has 42 heavy (non-hydrogen) atoms. The van der Waals surface area contributed by atoms with E-state index in [0.717, 1.165) is 29.5 Å². The molecule has 222 valence electrons. The molecule has 1 saturated heterocycles. The quantitative estimate of drug-likeness (QED) is 0.262. The van der Waals surface area contributed by atoms with Crippen molar-refractivity contribution in [2.45, 2.75) is 57.2 Å². The lowest BCUT2D eigenvalue weighted by molar-refractivity contribution is -0.161. The first-order valence-electron chi connectivity index (χ1n) is 13.9. The zero-order chi connectivity index (χ0) is 30.0. The van der Waals surface area contributed by atoms with Crippen molar-refractivity contribution < 1.29 is 23.1 Å². The number of carbonyl (C=O) groups excluding carboxylic acids is 1. The molecule has 1 aliphatic carbocycles. The van der Waals surface area contributed by atoms with Gasteiger partial charge in [0.15, 0.2) is 0 Å². The summed E-state index contributed by atoms with van der Waals surface area (Å²) in [4.78, 5) is 32.6. The number of likely N-dealkylation sites (tertiary alicyclic amines) is 1. The second kappa shape index (κ2) is 12.7. The van der Waals surface area contributed by atoms with E-state index in [0.29, 0.717) is 10.0 Å². The third kappa shape index (κ3) is 6.80. The van der Waals surface area contributed by atoms with Gasteiger partial charge < -0.3 is 10.0 Å². The second-order valence-corrected chi connectivity index (χ2v) is 13.5. The number of amides is 1. The normalized spacial score (nSPS) is 23.4. The molecule has 2 heterocycles. The third-order valence-electron chi connectivity index (χ3n) is 8.37. The summed E-state index contributed by atoms with van der Waals surface area (Å²) < 4.78 is 26.5. The minimum atomic E-state index is -2.98. The number of aromatic nitrogens is 1. The topological polar surface area (TPSA) is 108 Å². The van der Waals surface area contributed by atoms with Crippen LogP contribution in [0.4, 0.5) is 0 Å². The van der Waals surface area contributed by atoms with Gasteiger partial charge in [0.25, 0.3) is 0 Å². The molecule has 1 aliphatic heterocycles. The maximum Gasteiger partial charge on any atom is 0.304 e. The Morgan fingerprint density at radius 3 is 2.43 bits per heavy atom. The minimum Gasteiger partial charge on any atom is -0.481 e. The fraction of sp³-hybridized carbons (Fsp3) is 0.387. The smallest absolute Gasteiger partial charge is 0.304 e. The van der Waals surface area contributed by atoms with Crippen LogP contribution < -0.4 is 0 Å². The molecule has 2 aliphatic rings. The summed E-state index contributed by atoms with van der Waals surface area (Å²) in [6.07, 6.45) is 4.87. The Bertz CT molecular complexity index is 1510. The van der Waals surface area contributed by atoms with E-state index in [2.05, 4.69) is 4.98 Å². The van der Waals surface area contributed by atoms with Gasteiger partial charge in [0, 0.05) is 47.5 Å². The van der Waals surface area contributed by atoms with Gasteiger partial charge in [-0.1, -0.05) is 60.5 Å². The Kier molecular flexibility index (Phi) is 9.23. The van der Waals surface area contributed by atoms with Crippen LogP contribution in [-0.2, 0) is 27.0 Å². The van der Waals surface area contributed by atoms with Gasteiger partial charge in [-0.15, -0.1) is 0 Å². The number of benzene rings is 2. The maximum absolute atomic E-state index is 14.6. The van der Waals surface area contributed by atoms with Gasteiger partial charge in [-0.05, 0) is 72.2 Å². The SMILES string of the molecule is CC1(CC(=O)O)CC(c2cccc(Cl)c2)C(c2ccc(Cl)cc2)N(C(CN(Cc2cccnc2)[SH](=O)=O)C2CC2)C1=O. The lowest BCUT2D eigenvalue weighted by Crippen LogP contribution is -2.58. The first kappa shape index (κ1) is 30.5. The second-order valence-electron chi connectivity index (χ2n) is 11.6.